The molecule has 4 aliphatic rings. The van der Waals surface area contributed by atoms with Crippen LogP contribution >= 0.6 is 11.3 Å². The van der Waals surface area contributed by atoms with Gasteiger partial charge < -0.3 is 19.7 Å². The summed E-state index contributed by atoms with van der Waals surface area (Å²) in [5.41, 5.74) is 1.94. The molecule has 3 saturated carbocycles. The first kappa shape index (κ1) is 37.3. The van der Waals surface area contributed by atoms with Gasteiger partial charge in [-0.2, -0.15) is 0 Å². The first-order valence-corrected chi connectivity index (χ1v) is 21.1. The number of rotatable bonds is 9. The first-order chi connectivity index (χ1) is 25.3. The van der Waals surface area contributed by atoms with Crippen LogP contribution in [0.4, 0.5) is 0 Å². The third-order valence-electron chi connectivity index (χ3n) is 11.3. The number of carbonyl (C=O) groups is 3. The minimum atomic E-state index is -3.81. The van der Waals surface area contributed by atoms with Gasteiger partial charge in [-0.3, -0.25) is 19.1 Å². The van der Waals surface area contributed by atoms with Crippen LogP contribution in [0.2, 0.25) is 0 Å². The molecule has 5 unspecified atom stereocenters. The first-order valence-electron chi connectivity index (χ1n) is 18.7. The third kappa shape index (κ3) is 7.53. The van der Waals surface area contributed by atoms with Crippen LogP contribution in [0.15, 0.2) is 35.7 Å². The Morgan fingerprint density at radius 1 is 1.13 bits per heavy atom. The number of hydrogen-bond donors (Lipinski definition) is 2. The van der Waals surface area contributed by atoms with E-state index < -0.39 is 44.5 Å². The van der Waals surface area contributed by atoms with Crippen molar-refractivity contribution in [3.05, 3.63) is 47.0 Å². The molecule has 2 N–H and O–H groups in total. The van der Waals surface area contributed by atoms with Gasteiger partial charge in [0, 0.05) is 47.8 Å². The minimum Gasteiger partial charge on any atom is -0.496 e. The lowest BCUT2D eigenvalue weighted by atomic mass is 9.93. The van der Waals surface area contributed by atoms with E-state index >= 15 is 0 Å². The molecule has 3 heterocycles. The van der Waals surface area contributed by atoms with Crippen LogP contribution in [-0.2, 0) is 24.4 Å². The van der Waals surface area contributed by atoms with Gasteiger partial charge in [-0.25, -0.2) is 18.4 Å². The molecule has 53 heavy (non-hydrogen) atoms. The lowest BCUT2D eigenvalue weighted by molar-refractivity contribution is -0.140. The highest BCUT2D eigenvalue weighted by Crippen LogP contribution is 2.47. The van der Waals surface area contributed by atoms with Crippen LogP contribution in [0.1, 0.15) is 82.4 Å². The maximum Gasteiger partial charge on any atom is 0.259 e. The van der Waals surface area contributed by atoms with E-state index in [9.17, 15) is 22.8 Å². The lowest BCUT2D eigenvalue weighted by Gasteiger charge is -2.27. The summed E-state index contributed by atoms with van der Waals surface area (Å²) in [7, 11) is -0.405. The number of aromatic nitrogens is 2. The number of fused-ring (bicyclic) bond motifs is 3. The topological polar surface area (TPSA) is 157 Å². The molecule has 3 aliphatic carbocycles. The summed E-state index contributed by atoms with van der Waals surface area (Å²) in [6, 6.07) is 5.74. The van der Waals surface area contributed by atoms with Crippen molar-refractivity contribution in [1.82, 2.24) is 24.9 Å². The average Bonchev–Trinajstić information content (AvgIpc) is 4.00. The monoisotopic (exact) mass is 763 g/mol. The number of hydrogen-bond acceptors (Lipinski definition) is 10. The highest BCUT2D eigenvalue weighted by Gasteiger charge is 2.62. The molecular formula is C39H49N5O7S2. The second-order valence-corrected chi connectivity index (χ2v) is 18.3. The van der Waals surface area contributed by atoms with Crippen molar-refractivity contribution in [2.75, 3.05) is 27.3 Å². The van der Waals surface area contributed by atoms with Gasteiger partial charge in [0.15, 0.2) is 0 Å². The predicted molar refractivity (Wildman–Crippen MR) is 203 cm³/mol. The fraction of sp³-hybridized carbons (Fsp3) is 0.564. The zero-order valence-corrected chi connectivity index (χ0v) is 32.6. The number of allylic oxidation sites excluding steroid dienone is 1. The van der Waals surface area contributed by atoms with E-state index in [0.29, 0.717) is 55.8 Å². The summed E-state index contributed by atoms with van der Waals surface area (Å²) in [5, 5.41) is 6.06. The molecule has 12 nitrogen and oxygen atoms in total. The van der Waals surface area contributed by atoms with Crippen LogP contribution < -0.4 is 19.5 Å². The summed E-state index contributed by atoms with van der Waals surface area (Å²) < 4.78 is 40.0. The van der Waals surface area contributed by atoms with Crippen molar-refractivity contribution >= 4 is 50.0 Å². The quantitative estimate of drug-likeness (QED) is 0.269. The van der Waals surface area contributed by atoms with Crippen LogP contribution in [-0.4, -0.2) is 79.1 Å². The molecule has 7 rings (SSSR count). The Balaban J connectivity index is 1.16. The number of aryl methyl sites for hydroxylation is 1. The van der Waals surface area contributed by atoms with E-state index in [1.807, 2.05) is 42.7 Å². The van der Waals surface area contributed by atoms with E-state index in [0.717, 1.165) is 46.4 Å². The number of pyridine rings is 1. The number of sulfonamides is 1. The molecule has 14 heteroatoms. The normalized spacial score (nSPS) is 26.5. The van der Waals surface area contributed by atoms with Crippen molar-refractivity contribution in [2.24, 2.45) is 23.7 Å². The van der Waals surface area contributed by atoms with E-state index in [-0.39, 0.29) is 30.3 Å². The number of thiazole rings is 1. The average molecular weight is 764 g/mol. The molecule has 3 fully saturated rings. The van der Waals surface area contributed by atoms with E-state index in [2.05, 4.69) is 23.9 Å². The number of benzene rings is 1. The standard InChI is InChI=1S/C39H49N5O7S2/c1-22(2)31-21-52-36(41-31)30-18-33(27-13-14-32(50-5)23(3)34(27)40-30)51-20-24-16-28-29(17-24)37(46)44(4)15-9-7-6-8-10-25-19-39(25,42-35(28)45)38(47)43-53(48,49)26-11-12-26/h8,10,13-14,18,21-22,24-26,28-29H,6-7,9,11-12,15-17,19-20H2,1-5H3,(H,42,45)(H,43,47). The molecule has 2 aromatic heterocycles. The number of ether oxygens (including phenoxy) is 2. The Labute approximate surface area is 315 Å². The maximum atomic E-state index is 14.2. The molecule has 5 atom stereocenters. The molecule has 284 valence electrons. The van der Waals surface area contributed by atoms with Crippen molar-refractivity contribution in [2.45, 2.75) is 88.8 Å². The van der Waals surface area contributed by atoms with Crippen LogP contribution in [0.25, 0.3) is 21.6 Å². The number of carbonyl (C=O) groups excluding carboxylic acids is 3. The van der Waals surface area contributed by atoms with Crippen LogP contribution in [0.3, 0.4) is 0 Å². The summed E-state index contributed by atoms with van der Waals surface area (Å²) in [6.45, 7) is 7.01. The predicted octanol–water partition coefficient (Wildman–Crippen LogP) is 5.50. The third-order valence-corrected chi connectivity index (χ3v) is 14.0. The van der Waals surface area contributed by atoms with Gasteiger partial charge in [0.25, 0.3) is 5.91 Å². The van der Waals surface area contributed by atoms with Gasteiger partial charge in [-0.1, -0.05) is 26.0 Å². The molecule has 1 aromatic carbocycles. The van der Waals surface area contributed by atoms with Gasteiger partial charge in [-0.05, 0) is 82.3 Å². The number of amides is 3. The highest BCUT2D eigenvalue weighted by atomic mass is 32.2. The zero-order chi connectivity index (χ0) is 37.7. The van der Waals surface area contributed by atoms with Gasteiger partial charge in [0.2, 0.25) is 21.8 Å². The minimum absolute atomic E-state index is 0.105. The van der Waals surface area contributed by atoms with Gasteiger partial charge in [0.05, 0.1) is 36.1 Å². The summed E-state index contributed by atoms with van der Waals surface area (Å²) in [4.78, 5) is 53.4. The lowest BCUT2D eigenvalue weighted by Crippen LogP contribution is -2.54. The fourth-order valence-electron chi connectivity index (χ4n) is 7.79. The summed E-state index contributed by atoms with van der Waals surface area (Å²) >= 11 is 1.53. The molecule has 0 saturated heterocycles. The Morgan fingerprint density at radius 2 is 1.91 bits per heavy atom. The van der Waals surface area contributed by atoms with Crippen LogP contribution in [0, 0.1) is 30.6 Å². The van der Waals surface area contributed by atoms with Crippen molar-refractivity contribution < 1.29 is 32.3 Å². The van der Waals surface area contributed by atoms with Crippen molar-refractivity contribution in [3.8, 4) is 22.2 Å². The largest absolute Gasteiger partial charge is 0.496 e. The maximum absolute atomic E-state index is 14.2. The molecule has 1 aliphatic heterocycles. The molecule has 0 spiro atoms. The number of methoxy groups -OCH3 is 1. The second kappa shape index (κ2) is 14.7. The van der Waals surface area contributed by atoms with Gasteiger partial charge in [-0.15, -0.1) is 11.3 Å². The number of nitrogens with zero attached hydrogens (tertiary/aromatic N) is 3. The Bertz CT molecular complexity index is 2060. The van der Waals surface area contributed by atoms with Crippen molar-refractivity contribution in [3.63, 3.8) is 0 Å². The molecule has 3 amide bonds. The fourth-order valence-corrected chi connectivity index (χ4v) is 10.1. The van der Waals surface area contributed by atoms with Gasteiger partial charge >= 0.3 is 0 Å². The van der Waals surface area contributed by atoms with Crippen LogP contribution in [0.5, 0.6) is 11.5 Å². The smallest absolute Gasteiger partial charge is 0.259 e. The Hall–Kier alpha value is -4.04. The van der Waals surface area contributed by atoms with E-state index in [1.54, 1.807) is 19.1 Å². The zero-order valence-electron chi connectivity index (χ0n) is 31.0. The summed E-state index contributed by atoms with van der Waals surface area (Å²) in [6.07, 6.45) is 8.49. The molecule has 3 aromatic rings. The van der Waals surface area contributed by atoms with Crippen molar-refractivity contribution in [1.29, 1.82) is 0 Å². The Kier molecular flexibility index (Phi) is 10.3. The van der Waals surface area contributed by atoms with Gasteiger partial charge in [0.1, 0.15) is 27.7 Å². The summed E-state index contributed by atoms with van der Waals surface area (Å²) in [5.74, 6) is -1.39. The number of nitrogens with one attached hydrogen (secondary N) is 2. The van der Waals surface area contributed by atoms with E-state index in [1.165, 1.54) is 11.3 Å². The molecule has 0 bridgehead atoms. The SMILES string of the molecule is COc1ccc2c(OCC3CC4C(=O)NC5(C(=O)NS(=O)(=O)C6CC6)CC5C=CCCCCN(C)C(=O)C4C3)cc(-c3nc(C(C)C)cs3)nc2c1C. The van der Waals surface area contributed by atoms with E-state index in [4.69, 9.17) is 19.4 Å². The highest BCUT2D eigenvalue weighted by molar-refractivity contribution is 7.91. The second-order valence-electron chi connectivity index (χ2n) is 15.5. The molecular weight excluding hydrogens is 715 g/mol. The Morgan fingerprint density at radius 3 is 2.62 bits per heavy atom. The molecule has 0 radical (unpaired) electrons.